The van der Waals surface area contributed by atoms with Crippen molar-refractivity contribution >= 4 is 17.4 Å². The predicted octanol–water partition coefficient (Wildman–Crippen LogP) is 2.77. The van der Waals surface area contributed by atoms with E-state index in [1.165, 1.54) is 0 Å². The molecule has 3 rings (SSSR count). The van der Waals surface area contributed by atoms with Gasteiger partial charge in [0.25, 0.3) is 5.91 Å². The summed E-state index contributed by atoms with van der Waals surface area (Å²) in [5.74, 6) is 1.96. The van der Waals surface area contributed by atoms with Gasteiger partial charge in [0, 0.05) is 24.8 Å². The maximum atomic E-state index is 12.5. The lowest BCUT2D eigenvalue weighted by atomic mass is 10.3. The minimum Gasteiger partial charge on any atom is -0.497 e. The number of rotatable bonds is 4. The number of aryl methyl sites for hydroxylation is 1. The van der Waals surface area contributed by atoms with Crippen LogP contribution in [-0.4, -0.2) is 41.0 Å². The molecule has 23 heavy (non-hydrogen) atoms. The van der Waals surface area contributed by atoms with Crippen LogP contribution < -0.4 is 10.1 Å². The van der Waals surface area contributed by atoms with Gasteiger partial charge in [-0.1, -0.05) is 0 Å². The molecule has 1 amide bonds. The first kappa shape index (κ1) is 15.3. The van der Waals surface area contributed by atoms with Gasteiger partial charge in [-0.2, -0.15) is 0 Å². The predicted molar refractivity (Wildman–Crippen MR) is 88.2 cm³/mol. The first-order chi connectivity index (χ1) is 11.2. The number of amides is 1. The standard InChI is InChI=1S/C17H20N4O2/c1-12-18-15(17(22)21-9-3-4-10-21)11-16(19-12)20-13-5-7-14(23-2)8-6-13/h5-8,11H,3-4,9-10H2,1-2H3,(H,18,19,20). The fraction of sp³-hybridized carbons (Fsp3) is 0.353. The van der Waals surface area contributed by atoms with Crippen molar-refractivity contribution in [3.8, 4) is 5.75 Å². The van der Waals surface area contributed by atoms with Crippen LogP contribution >= 0.6 is 0 Å². The molecule has 0 unspecified atom stereocenters. The Morgan fingerprint density at radius 2 is 1.87 bits per heavy atom. The molecule has 0 radical (unpaired) electrons. The molecule has 1 aliphatic rings. The highest BCUT2D eigenvalue weighted by molar-refractivity contribution is 5.93. The van der Waals surface area contributed by atoms with Gasteiger partial charge in [0.1, 0.15) is 23.1 Å². The molecule has 0 saturated carbocycles. The third-order valence-electron chi connectivity index (χ3n) is 3.81. The molecule has 1 saturated heterocycles. The van der Waals surface area contributed by atoms with Crippen LogP contribution in [0.5, 0.6) is 5.75 Å². The van der Waals surface area contributed by atoms with Crippen molar-refractivity contribution in [2.45, 2.75) is 19.8 Å². The van der Waals surface area contributed by atoms with Crippen LogP contribution in [0, 0.1) is 6.92 Å². The van der Waals surface area contributed by atoms with Gasteiger partial charge in [-0.3, -0.25) is 4.79 Å². The Balaban J connectivity index is 1.80. The molecule has 1 aromatic carbocycles. The molecule has 1 fully saturated rings. The summed E-state index contributed by atoms with van der Waals surface area (Å²) in [6.45, 7) is 3.41. The Hall–Kier alpha value is -2.63. The topological polar surface area (TPSA) is 67.3 Å². The molecule has 120 valence electrons. The largest absolute Gasteiger partial charge is 0.497 e. The van der Waals surface area contributed by atoms with Gasteiger partial charge in [0.2, 0.25) is 0 Å². The van der Waals surface area contributed by atoms with Gasteiger partial charge in [-0.25, -0.2) is 9.97 Å². The lowest BCUT2D eigenvalue weighted by Gasteiger charge is -2.15. The number of aromatic nitrogens is 2. The van der Waals surface area contributed by atoms with Gasteiger partial charge in [-0.15, -0.1) is 0 Å². The van der Waals surface area contributed by atoms with Crippen molar-refractivity contribution in [2.24, 2.45) is 0 Å². The SMILES string of the molecule is COc1ccc(Nc2cc(C(=O)N3CCCC3)nc(C)n2)cc1. The van der Waals surface area contributed by atoms with Gasteiger partial charge in [-0.05, 0) is 44.0 Å². The van der Waals surface area contributed by atoms with E-state index in [1.54, 1.807) is 20.1 Å². The van der Waals surface area contributed by atoms with E-state index >= 15 is 0 Å². The number of methoxy groups -OCH3 is 1. The Kier molecular flexibility index (Phi) is 4.41. The molecule has 1 aromatic heterocycles. The quantitative estimate of drug-likeness (QED) is 0.940. The van der Waals surface area contributed by atoms with E-state index in [4.69, 9.17) is 4.74 Å². The van der Waals surface area contributed by atoms with E-state index in [9.17, 15) is 4.79 Å². The molecule has 1 aliphatic heterocycles. The molecule has 2 aromatic rings. The molecule has 0 bridgehead atoms. The van der Waals surface area contributed by atoms with Crippen molar-refractivity contribution in [1.29, 1.82) is 0 Å². The summed E-state index contributed by atoms with van der Waals surface area (Å²) in [6.07, 6.45) is 2.12. The molecular weight excluding hydrogens is 292 g/mol. The van der Waals surface area contributed by atoms with Crippen molar-refractivity contribution in [2.75, 3.05) is 25.5 Å². The number of ether oxygens (including phenoxy) is 1. The van der Waals surface area contributed by atoms with Crippen LogP contribution in [0.4, 0.5) is 11.5 Å². The third kappa shape index (κ3) is 3.59. The van der Waals surface area contributed by atoms with Crippen LogP contribution in [0.2, 0.25) is 0 Å². The minimum absolute atomic E-state index is 0.0224. The number of anilines is 2. The average Bonchev–Trinajstić information content (AvgIpc) is 3.09. The Morgan fingerprint density at radius 3 is 2.52 bits per heavy atom. The first-order valence-corrected chi connectivity index (χ1v) is 7.72. The number of carbonyl (C=O) groups excluding carboxylic acids is 1. The fourth-order valence-electron chi connectivity index (χ4n) is 2.65. The lowest BCUT2D eigenvalue weighted by Crippen LogP contribution is -2.28. The van der Waals surface area contributed by atoms with E-state index in [1.807, 2.05) is 29.2 Å². The minimum atomic E-state index is -0.0224. The van der Waals surface area contributed by atoms with Gasteiger partial charge in [0.05, 0.1) is 7.11 Å². The maximum Gasteiger partial charge on any atom is 0.272 e. The second-order valence-electron chi connectivity index (χ2n) is 5.54. The van der Waals surface area contributed by atoms with Gasteiger partial charge < -0.3 is 15.0 Å². The van der Waals surface area contributed by atoms with E-state index in [0.29, 0.717) is 17.3 Å². The maximum absolute atomic E-state index is 12.5. The first-order valence-electron chi connectivity index (χ1n) is 7.72. The van der Waals surface area contributed by atoms with Crippen LogP contribution in [-0.2, 0) is 0 Å². The normalized spacial score (nSPS) is 13.9. The molecule has 0 aliphatic carbocycles. The number of hydrogen-bond donors (Lipinski definition) is 1. The second kappa shape index (κ2) is 6.64. The summed E-state index contributed by atoms with van der Waals surface area (Å²) >= 11 is 0. The van der Waals surface area contributed by atoms with Crippen molar-refractivity contribution < 1.29 is 9.53 Å². The van der Waals surface area contributed by atoms with Crippen LogP contribution in [0.3, 0.4) is 0 Å². The number of benzene rings is 1. The highest BCUT2D eigenvalue weighted by Crippen LogP contribution is 2.20. The van der Waals surface area contributed by atoms with E-state index < -0.39 is 0 Å². The summed E-state index contributed by atoms with van der Waals surface area (Å²) in [4.78, 5) is 23.0. The summed E-state index contributed by atoms with van der Waals surface area (Å²) in [6, 6.07) is 9.24. The Bertz CT molecular complexity index is 694. The highest BCUT2D eigenvalue weighted by Gasteiger charge is 2.21. The molecule has 0 spiro atoms. The van der Waals surface area contributed by atoms with Crippen LogP contribution in [0.25, 0.3) is 0 Å². The average molecular weight is 312 g/mol. The van der Waals surface area contributed by atoms with Crippen molar-refractivity contribution in [1.82, 2.24) is 14.9 Å². The number of carbonyl (C=O) groups is 1. The molecule has 2 heterocycles. The van der Waals surface area contributed by atoms with E-state index in [-0.39, 0.29) is 5.91 Å². The fourth-order valence-corrected chi connectivity index (χ4v) is 2.65. The lowest BCUT2D eigenvalue weighted by molar-refractivity contribution is 0.0786. The number of hydrogen-bond acceptors (Lipinski definition) is 5. The number of likely N-dealkylation sites (tertiary alicyclic amines) is 1. The Labute approximate surface area is 135 Å². The van der Waals surface area contributed by atoms with E-state index in [0.717, 1.165) is 37.4 Å². The van der Waals surface area contributed by atoms with Crippen molar-refractivity contribution in [3.63, 3.8) is 0 Å². The molecule has 1 N–H and O–H groups in total. The molecular formula is C17H20N4O2. The zero-order valence-electron chi connectivity index (χ0n) is 13.4. The number of nitrogens with one attached hydrogen (secondary N) is 1. The summed E-state index contributed by atoms with van der Waals surface area (Å²) < 4.78 is 5.14. The summed E-state index contributed by atoms with van der Waals surface area (Å²) in [5.41, 5.74) is 1.32. The zero-order chi connectivity index (χ0) is 16.2. The monoisotopic (exact) mass is 312 g/mol. The van der Waals surface area contributed by atoms with Crippen LogP contribution in [0.15, 0.2) is 30.3 Å². The highest BCUT2D eigenvalue weighted by atomic mass is 16.5. The van der Waals surface area contributed by atoms with Gasteiger partial charge in [0.15, 0.2) is 0 Å². The molecule has 6 heteroatoms. The van der Waals surface area contributed by atoms with Crippen LogP contribution in [0.1, 0.15) is 29.2 Å². The number of nitrogens with zero attached hydrogens (tertiary/aromatic N) is 3. The second-order valence-corrected chi connectivity index (χ2v) is 5.54. The third-order valence-corrected chi connectivity index (χ3v) is 3.81. The molecule has 0 atom stereocenters. The smallest absolute Gasteiger partial charge is 0.272 e. The summed E-state index contributed by atoms with van der Waals surface area (Å²) in [7, 11) is 1.63. The Morgan fingerprint density at radius 1 is 1.17 bits per heavy atom. The van der Waals surface area contributed by atoms with E-state index in [2.05, 4.69) is 15.3 Å². The van der Waals surface area contributed by atoms with Gasteiger partial charge >= 0.3 is 0 Å². The zero-order valence-corrected chi connectivity index (χ0v) is 13.4. The summed E-state index contributed by atoms with van der Waals surface area (Å²) in [5, 5.41) is 3.20. The molecule has 6 nitrogen and oxygen atoms in total. The van der Waals surface area contributed by atoms with Crippen molar-refractivity contribution in [3.05, 3.63) is 41.9 Å².